The van der Waals surface area contributed by atoms with Gasteiger partial charge < -0.3 is 19.6 Å². The van der Waals surface area contributed by atoms with E-state index in [2.05, 4.69) is 30.6 Å². The number of anilines is 3. The molecule has 11 heteroatoms. The Morgan fingerprint density at radius 1 is 1.03 bits per heavy atom. The van der Waals surface area contributed by atoms with Gasteiger partial charge in [0.25, 0.3) is 5.91 Å². The zero-order valence-corrected chi connectivity index (χ0v) is 21.1. The Labute approximate surface area is 220 Å². The lowest BCUT2D eigenvalue weighted by Crippen LogP contribution is -2.14. The Morgan fingerprint density at radius 3 is 2.58 bits per heavy atom. The maximum absolute atomic E-state index is 13.4. The normalized spacial score (nSPS) is 11.7. The highest BCUT2D eigenvalue weighted by atomic mass is 32.2. The predicted octanol–water partition coefficient (Wildman–Crippen LogP) is 5.37. The third-order valence-corrected chi connectivity index (χ3v) is 6.20. The van der Waals surface area contributed by atoms with E-state index >= 15 is 0 Å². The van der Waals surface area contributed by atoms with Gasteiger partial charge in [-0.3, -0.25) is 9.78 Å². The second-order valence-corrected chi connectivity index (χ2v) is 9.49. The molecule has 5 aromatic rings. The molecule has 38 heavy (non-hydrogen) atoms. The molecular formula is C27H21FN6O3S. The van der Waals surface area contributed by atoms with E-state index in [0.29, 0.717) is 28.6 Å². The van der Waals surface area contributed by atoms with E-state index in [0.717, 1.165) is 11.1 Å². The Bertz CT molecular complexity index is 1590. The molecule has 5 rings (SSSR count). The zero-order valence-electron chi connectivity index (χ0n) is 20.3. The molecule has 0 aliphatic carbocycles. The molecule has 1 amide bonds. The predicted molar refractivity (Wildman–Crippen MR) is 142 cm³/mol. The van der Waals surface area contributed by atoms with Gasteiger partial charge in [0.15, 0.2) is 11.5 Å². The molecule has 2 aromatic carbocycles. The Hall–Kier alpha value is -4.61. The second-order valence-electron chi connectivity index (χ2n) is 8.23. The lowest BCUT2D eigenvalue weighted by atomic mass is 10.1. The number of amides is 1. The number of benzene rings is 2. The molecule has 0 aliphatic heterocycles. The van der Waals surface area contributed by atoms with Crippen molar-refractivity contribution < 1.29 is 18.2 Å². The van der Waals surface area contributed by atoms with E-state index in [1.807, 2.05) is 25.1 Å². The van der Waals surface area contributed by atoms with Crippen LogP contribution in [0.3, 0.4) is 0 Å². The summed E-state index contributed by atoms with van der Waals surface area (Å²) in [7, 11) is 0. The number of halogens is 1. The van der Waals surface area contributed by atoms with Gasteiger partial charge in [0, 0.05) is 52.3 Å². The van der Waals surface area contributed by atoms with Crippen molar-refractivity contribution in [2.75, 3.05) is 16.9 Å². The average molecular weight is 529 g/mol. The van der Waals surface area contributed by atoms with Gasteiger partial charge in [-0.2, -0.15) is 4.98 Å². The molecule has 0 fully saturated rings. The number of pyridine rings is 1. The van der Waals surface area contributed by atoms with Gasteiger partial charge in [-0.25, -0.2) is 14.4 Å². The summed E-state index contributed by atoms with van der Waals surface area (Å²) in [4.78, 5) is 30.3. The van der Waals surface area contributed by atoms with Gasteiger partial charge in [-0.15, -0.1) is 0 Å². The third-order valence-electron chi connectivity index (χ3n) is 5.53. The summed E-state index contributed by atoms with van der Waals surface area (Å²) in [6.07, 6.45) is 6.45. The van der Waals surface area contributed by atoms with Crippen LogP contribution >= 0.6 is 0 Å². The highest BCUT2D eigenvalue weighted by molar-refractivity contribution is 7.90. The number of hydrogen-bond donors (Lipinski definition) is 2. The van der Waals surface area contributed by atoms with E-state index in [1.165, 1.54) is 30.5 Å². The smallest absolute Gasteiger partial charge is 0.415 e. The molecule has 0 aliphatic rings. The summed E-state index contributed by atoms with van der Waals surface area (Å²) in [5.41, 5.74) is 3.98. The molecule has 3 heterocycles. The third kappa shape index (κ3) is 5.53. The molecule has 9 nitrogen and oxygen atoms in total. The summed E-state index contributed by atoms with van der Waals surface area (Å²) in [5.74, 6) is -0.538. The van der Waals surface area contributed by atoms with Gasteiger partial charge in [0.2, 0.25) is 5.95 Å². The van der Waals surface area contributed by atoms with E-state index in [1.54, 1.807) is 36.8 Å². The Morgan fingerprint density at radius 2 is 1.84 bits per heavy atom. The van der Waals surface area contributed by atoms with Crippen LogP contribution in [0.25, 0.3) is 22.6 Å². The van der Waals surface area contributed by atoms with Crippen LogP contribution < -0.4 is 10.6 Å². The van der Waals surface area contributed by atoms with Gasteiger partial charge in [0.1, 0.15) is 12.1 Å². The molecule has 0 saturated carbocycles. The van der Waals surface area contributed by atoms with E-state index in [-0.39, 0.29) is 16.7 Å². The number of hydrogen-bond acceptors (Lipinski definition) is 8. The fourth-order valence-corrected chi connectivity index (χ4v) is 4.03. The summed E-state index contributed by atoms with van der Waals surface area (Å²) in [6.45, 7) is 1.91. The SMILES string of the molecule is Cc1ccc(NC(=O)c2nc([S+](C)[O-])oc2-c2ccc(F)cc2)cc1Nc1nccc(-c2cccnc2)n1. The largest absolute Gasteiger partial charge is 0.608 e. The zero-order chi connectivity index (χ0) is 26.6. The van der Waals surface area contributed by atoms with Crippen LogP contribution in [0.4, 0.5) is 21.7 Å². The molecule has 2 N–H and O–H groups in total. The summed E-state index contributed by atoms with van der Waals surface area (Å²) >= 11 is -1.56. The fourth-order valence-electron chi connectivity index (χ4n) is 3.61. The number of nitrogens with zero attached hydrogens (tertiary/aromatic N) is 4. The number of carbonyl (C=O) groups is 1. The number of oxazole rings is 1. The first-order chi connectivity index (χ1) is 18.4. The maximum atomic E-state index is 13.4. The van der Waals surface area contributed by atoms with Crippen LogP contribution in [0.5, 0.6) is 0 Å². The minimum absolute atomic E-state index is 0.0654. The lowest BCUT2D eigenvalue weighted by Gasteiger charge is -2.12. The molecule has 1 unspecified atom stereocenters. The topological polar surface area (TPSA) is 129 Å². The van der Waals surface area contributed by atoms with Crippen molar-refractivity contribution in [3.63, 3.8) is 0 Å². The second kappa shape index (κ2) is 10.8. The van der Waals surface area contributed by atoms with Crippen LogP contribution in [0, 0.1) is 12.7 Å². The lowest BCUT2D eigenvalue weighted by molar-refractivity contribution is 0.102. The molecule has 1 atom stereocenters. The number of nitrogens with one attached hydrogen (secondary N) is 2. The maximum Gasteiger partial charge on any atom is 0.415 e. The first-order valence-corrected chi connectivity index (χ1v) is 13.0. The van der Waals surface area contributed by atoms with Crippen molar-refractivity contribution in [2.45, 2.75) is 12.1 Å². The molecule has 0 bridgehead atoms. The van der Waals surface area contributed by atoms with Crippen LogP contribution in [0.2, 0.25) is 0 Å². The van der Waals surface area contributed by atoms with Gasteiger partial charge in [-0.05, 0) is 67.1 Å². The number of aryl methyl sites for hydroxylation is 1. The van der Waals surface area contributed by atoms with Gasteiger partial charge in [-0.1, -0.05) is 6.07 Å². The molecule has 0 saturated heterocycles. The number of carbonyl (C=O) groups excluding carboxylic acids is 1. The number of rotatable bonds is 7. The molecular weight excluding hydrogens is 507 g/mol. The van der Waals surface area contributed by atoms with Gasteiger partial charge >= 0.3 is 5.22 Å². The molecule has 190 valence electrons. The van der Waals surface area contributed by atoms with E-state index in [9.17, 15) is 13.7 Å². The summed E-state index contributed by atoms with van der Waals surface area (Å²) in [6, 6.07) is 16.2. The van der Waals surface area contributed by atoms with Crippen molar-refractivity contribution in [1.29, 1.82) is 0 Å². The minimum Gasteiger partial charge on any atom is -0.608 e. The fraction of sp³-hybridized carbons (Fsp3) is 0.0741. The first kappa shape index (κ1) is 25.1. The van der Waals surface area contributed by atoms with Crippen molar-refractivity contribution in [1.82, 2.24) is 19.9 Å². The van der Waals surface area contributed by atoms with Gasteiger partial charge in [0.05, 0.1) is 5.69 Å². The van der Waals surface area contributed by atoms with Crippen LogP contribution in [-0.2, 0) is 11.2 Å². The molecule has 3 aromatic heterocycles. The van der Waals surface area contributed by atoms with Crippen molar-refractivity contribution in [3.05, 3.63) is 96.3 Å². The Kier molecular flexibility index (Phi) is 7.11. The van der Waals surface area contributed by atoms with E-state index in [4.69, 9.17) is 4.42 Å². The highest BCUT2D eigenvalue weighted by Gasteiger charge is 2.26. The minimum atomic E-state index is -1.56. The van der Waals surface area contributed by atoms with Crippen molar-refractivity contribution >= 4 is 34.4 Å². The first-order valence-electron chi connectivity index (χ1n) is 11.4. The van der Waals surface area contributed by atoms with E-state index < -0.39 is 22.9 Å². The molecule has 0 spiro atoms. The number of aromatic nitrogens is 4. The highest BCUT2D eigenvalue weighted by Crippen LogP contribution is 2.29. The monoisotopic (exact) mass is 528 g/mol. The quantitative estimate of drug-likeness (QED) is 0.270. The van der Waals surface area contributed by atoms with Crippen LogP contribution in [-0.4, -0.2) is 36.7 Å². The van der Waals surface area contributed by atoms with Crippen molar-refractivity contribution in [3.8, 4) is 22.6 Å². The standard InChI is InChI=1S/C27H21FN6O3S/c1-16-5-10-20(14-22(16)33-26-30-13-11-21(32-26)18-4-3-12-29-15-18)31-25(35)23-24(37-27(34-23)38(2)36)17-6-8-19(28)9-7-17/h3-15H,1-2H3,(H,31,35)(H,30,32,33). The average Bonchev–Trinajstić information content (AvgIpc) is 3.38. The van der Waals surface area contributed by atoms with Crippen molar-refractivity contribution in [2.24, 2.45) is 0 Å². The van der Waals surface area contributed by atoms with Crippen LogP contribution in [0.1, 0.15) is 16.1 Å². The summed E-state index contributed by atoms with van der Waals surface area (Å²) < 4.78 is 31.0. The Balaban J connectivity index is 1.40. The van der Waals surface area contributed by atoms with Crippen LogP contribution in [0.15, 0.2) is 88.9 Å². The molecule has 0 radical (unpaired) electrons. The summed E-state index contributed by atoms with van der Waals surface area (Å²) in [5, 5.41) is 5.89.